The van der Waals surface area contributed by atoms with Crippen molar-refractivity contribution in [2.75, 3.05) is 27.2 Å². The molecule has 0 saturated carbocycles. The average molecular weight is 396 g/mol. The molecular weight excluding hydrogens is 375 g/mol. The zero-order valence-corrected chi connectivity index (χ0v) is 16.1. The van der Waals surface area contributed by atoms with Gasteiger partial charge in [-0.15, -0.1) is 0 Å². The number of nitrogens with zero attached hydrogens (tertiary/aromatic N) is 2. The Bertz CT molecular complexity index is 1050. The second kappa shape index (κ2) is 8.66. The summed E-state index contributed by atoms with van der Waals surface area (Å²) in [5.41, 5.74) is 1.78. The van der Waals surface area contributed by atoms with E-state index in [1.807, 2.05) is 19.0 Å². The molecule has 0 bridgehead atoms. The maximum Gasteiger partial charge on any atom is 0.278 e. The van der Waals surface area contributed by atoms with E-state index in [0.717, 1.165) is 0 Å². The summed E-state index contributed by atoms with van der Waals surface area (Å²) in [6, 6.07) is 13.7. The highest BCUT2D eigenvalue weighted by atomic mass is 19.1. The Labute approximate surface area is 167 Å². The summed E-state index contributed by atoms with van der Waals surface area (Å²) in [5.74, 6) is -0.778. The maximum absolute atomic E-state index is 13.7. The minimum atomic E-state index is -0.494. The van der Waals surface area contributed by atoms with Gasteiger partial charge in [-0.2, -0.15) is 0 Å². The minimum Gasteiger partial charge on any atom is -0.354 e. The molecule has 0 saturated heterocycles. The van der Waals surface area contributed by atoms with Crippen LogP contribution >= 0.6 is 0 Å². The van der Waals surface area contributed by atoms with Gasteiger partial charge >= 0.3 is 0 Å². The predicted molar refractivity (Wildman–Crippen MR) is 109 cm³/mol. The van der Waals surface area contributed by atoms with Crippen molar-refractivity contribution in [3.05, 3.63) is 76.1 Å². The van der Waals surface area contributed by atoms with Gasteiger partial charge < -0.3 is 15.2 Å². The SMILES string of the molecule is CN(C)CCNC(=O)c1cc(-c2cccc(F)c2)[nH]c1-c1ccccc1[N+](=O)[O-]. The topological polar surface area (TPSA) is 91.3 Å². The molecule has 2 aromatic carbocycles. The van der Waals surface area contributed by atoms with Crippen LogP contribution in [0.5, 0.6) is 0 Å². The van der Waals surface area contributed by atoms with Gasteiger partial charge in [0.1, 0.15) is 5.82 Å². The van der Waals surface area contributed by atoms with Crippen LogP contribution in [0.3, 0.4) is 0 Å². The summed E-state index contributed by atoms with van der Waals surface area (Å²) in [7, 11) is 3.78. The third-order valence-electron chi connectivity index (χ3n) is 4.41. The number of aromatic nitrogens is 1. The summed E-state index contributed by atoms with van der Waals surface area (Å²) < 4.78 is 13.7. The van der Waals surface area contributed by atoms with E-state index in [1.165, 1.54) is 18.2 Å². The lowest BCUT2D eigenvalue weighted by molar-refractivity contribution is -0.384. The number of nitro groups is 1. The number of halogens is 1. The molecular formula is C21H21FN4O3. The van der Waals surface area contributed by atoms with Gasteiger partial charge in [0.25, 0.3) is 11.6 Å². The fraction of sp³-hybridized carbons (Fsp3) is 0.190. The first-order valence-corrected chi connectivity index (χ1v) is 9.02. The van der Waals surface area contributed by atoms with E-state index >= 15 is 0 Å². The van der Waals surface area contributed by atoms with E-state index in [-0.39, 0.29) is 22.7 Å². The molecule has 3 rings (SSSR count). The van der Waals surface area contributed by atoms with Crippen LogP contribution in [-0.4, -0.2) is 47.9 Å². The van der Waals surface area contributed by atoms with Gasteiger partial charge in [0, 0.05) is 30.4 Å². The van der Waals surface area contributed by atoms with E-state index in [9.17, 15) is 19.3 Å². The molecule has 1 amide bonds. The molecule has 0 spiro atoms. The van der Waals surface area contributed by atoms with Gasteiger partial charge in [0.05, 0.1) is 21.7 Å². The molecule has 1 heterocycles. The van der Waals surface area contributed by atoms with Gasteiger partial charge in [-0.05, 0) is 38.4 Å². The standard InChI is InChI=1S/C21H21FN4O3/c1-25(2)11-10-23-21(27)17-13-18(14-6-5-7-15(22)12-14)24-20(17)16-8-3-4-9-19(16)26(28)29/h3-9,12-13,24H,10-11H2,1-2H3,(H,23,27). The van der Waals surface area contributed by atoms with Crippen molar-refractivity contribution < 1.29 is 14.1 Å². The summed E-state index contributed by atoms with van der Waals surface area (Å²) in [4.78, 5) is 28.8. The molecule has 0 aliphatic carbocycles. The number of likely N-dealkylation sites (N-methyl/N-ethyl adjacent to an activating group) is 1. The van der Waals surface area contributed by atoms with Crippen molar-refractivity contribution in [3.63, 3.8) is 0 Å². The van der Waals surface area contributed by atoms with Crippen LogP contribution in [0.15, 0.2) is 54.6 Å². The van der Waals surface area contributed by atoms with Crippen LogP contribution in [0.25, 0.3) is 22.5 Å². The quantitative estimate of drug-likeness (QED) is 0.471. The van der Waals surface area contributed by atoms with Gasteiger partial charge in [-0.3, -0.25) is 14.9 Å². The number of aromatic amines is 1. The molecule has 0 unspecified atom stereocenters. The third-order valence-corrected chi connectivity index (χ3v) is 4.41. The van der Waals surface area contributed by atoms with Crippen LogP contribution in [0.1, 0.15) is 10.4 Å². The lowest BCUT2D eigenvalue weighted by atomic mass is 10.1. The smallest absolute Gasteiger partial charge is 0.278 e. The molecule has 2 N–H and O–H groups in total. The summed E-state index contributed by atoms with van der Waals surface area (Å²) in [6.07, 6.45) is 0. The number of rotatable bonds is 7. The van der Waals surface area contributed by atoms with Crippen molar-refractivity contribution in [2.24, 2.45) is 0 Å². The van der Waals surface area contributed by atoms with Crippen molar-refractivity contribution in [1.82, 2.24) is 15.2 Å². The molecule has 7 nitrogen and oxygen atoms in total. The number of nitrogens with one attached hydrogen (secondary N) is 2. The summed E-state index contributed by atoms with van der Waals surface area (Å²) in [6.45, 7) is 1.07. The highest BCUT2D eigenvalue weighted by molar-refractivity contribution is 6.02. The number of hydrogen-bond donors (Lipinski definition) is 2. The van der Waals surface area contributed by atoms with Gasteiger partial charge in [-0.1, -0.05) is 24.3 Å². The molecule has 0 radical (unpaired) electrons. The first-order valence-electron chi connectivity index (χ1n) is 9.02. The number of H-pyrrole nitrogens is 1. The number of nitro benzene ring substituents is 1. The molecule has 0 aliphatic rings. The fourth-order valence-corrected chi connectivity index (χ4v) is 2.99. The second-order valence-electron chi connectivity index (χ2n) is 6.82. The minimum absolute atomic E-state index is 0.123. The van der Waals surface area contributed by atoms with Crippen LogP contribution in [0.2, 0.25) is 0 Å². The lowest BCUT2D eigenvalue weighted by Crippen LogP contribution is -2.31. The molecule has 8 heteroatoms. The molecule has 29 heavy (non-hydrogen) atoms. The largest absolute Gasteiger partial charge is 0.354 e. The van der Waals surface area contributed by atoms with Crippen molar-refractivity contribution in [3.8, 4) is 22.5 Å². The fourth-order valence-electron chi connectivity index (χ4n) is 2.99. The summed E-state index contributed by atoms with van der Waals surface area (Å²) >= 11 is 0. The Morgan fingerprint density at radius 3 is 2.62 bits per heavy atom. The van der Waals surface area contributed by atoms with E-state index in [2.05, 4.69) is 10.3 Å². The highest BCUT2D eigenvalue weighted by Gasteiger charge is 2.23. The normalized spacial score (nSPS) is 10.9. The number of benzene rings is 2. The van der Waals surface area contributed by atoms with E-state index in [0.29, 0.717) is 30.0 Å². The molecule has 0 aliphatic heterocycles. The Kier molecular flexibility index (Phi) is 6.04. The number of hydrogen-bond acceptors (Lipinski definition) is 4. The summed E-state index contributed by atoms with van der Waals surface area (Å²) in [5, 5.41) is 14.3. The third kappa shape index (κ3) is 4.67. The zero-order valence-electron chi connectivity index (χ0n) is 16.1. The Morgan fingerprint density at radius 1 is 1.17 bits per heavy atom. The first kappa shape index (κ1) is 20.2. The zero-order chi connectivity index (χ0) is 21.0. The molecule has 150 valence electrons. The van der Waals surface area contributed by atoms with E-state index in [4.69, 9.17) is 0 Å². The maximum atomic E-state index is 13.7. The number of carbonyl (C=O) groups is 1. The molecule has 1 aromatic heterocycles. The van der Waals surface area contributed by atoms with E-state index < -0.39 is 10.7 Å². The van der Waals surface area contributed by atoms with Crippen LogP contribution < -0.4 is 5.32 Å². The molecule has 0 atom stereocenters. The second-order valence-corrected chi connectivity index (χ2v) is 6.82. The van der Waals surface area contributed by atoms with Gasteiger partial charge in [0.15, 0.2) is 0 Å². The molecule has 3 aromatic rings. The first-order chi connectivity index (χ1) is 13.9. The van der Waals surface area contributed by atoms with Gasteiger partial charge in [0.2, 0.25) is 0 Å². The molecule has 0 fully saturated rings. The van der Waals surface area contributed by atoms with Gasteiger partial charge in [-0.25, -0.2) is 4.39 Å². The van der Waals surface area contributed by atoms with Crippen molar-refractivity contribution in [1.29, 1.82) is 0 Å². The Morgan fingerprint density at radius 2 is 1.93 bits per heavy atom. The highest BCUT2D eigenvalue weighted by Crippen LogP contribution is 2.34. The van der Waals surface area contributed by atoms with Crippen LogP contribution in [-0.2, 0) is 0 Å². The number of amides is 1. The van der Waals surface area contributed by atoms with Crippen molar-refractivity contribution in [2.45, 2.75) is 0 Å². The Hall–Kier alpha value is -3.52. The van der Waals surface area contributed by atoms with E-state index in [1.54, 1.807) is 36.4 Å². The predicted octanol–water partition coefficient (Wildman–Crippen LogP) is 3.69. The monoisotopic (exact) mass is 396 g/mol. The number of carbonyl (C=O) groups excluding carboxylic acids is 1. The Balaban J connectivity index is 2.08. The lowest BCUT2D eigenvalue weighted by Gasteiger charge is -2.10. The van der Waals surface area contributed by atoms with Crippen molar-refractivity contribution >= 4 is 11.6 Å². The number of para-hydroxylation sites is 1. The average Bonchev–Trinajstić information content (AvgIpc) is 3.13. The van der Waals surface area contributed by atoms with Crippen LogP contribution in [0.4, 0.5) is 10.1 Å². The van der Waals surface area contributed by atoms with Crippen LogP contribution in [0, 0.1) is 15.9 Å².